The van der Waals surface area contributed by atoms with Gasteiger partial charge in [0.25, 0.3) is 0 Å². The highest BCUT2D eigenvalue weighted by Crippen LogP contribution is 2.30. The zero-order valence-electron chi connectivity index (χ0n) is 14.5. The van der Waals surface area contributed by atoms with Crippen LogP contribution in [0.25, 0.3) is 0 Å². The molecule has 0 unspecified atom stereocenters. The molecular formula is C18H31NO3. The Balaban J connectivity index is 3.00. The number of nitrogens with zero attached hydrogens (tertiary/aromatic N) is 1. The second-order valence-electron chi connectivity index (χ2n) is 6.97. The van der Waals surface area contributed by atoms with Crippen LogP contribution in [0.2, 0.25) is 0 Å². The van der Waals surface area contributed by atoms with E-state index in [9.17, 15) is 15.3 Å². The molecule has 0 amide bonds. The highest BCUT2D eigenvalue weighted by molar-refractivity contribution is 5.39. The van der Waals surface area contributed by atoms with Gasteiger partial charge in [0.2, 0.25) is 0 Å². The molecule has 2 atom stereocenters. The summed E-state index contributed by atoms with van der Waals surface area (Å²) in [4.78, 5) is 1.97. The summed E-state index contributed by atoms with van der Waals surface area (Å²) in [6.07, 6.45) is 0.0646. The van der Waals surface area contributed by atoms with Crippen LogP contribution in [0, 0.1) is 0 Å². The van der Waals surface area contributed by atoms with Gasteiger partial charge in [-0.05, 0) is 37.3 Å². The zero-order chi connectivity index (χ0) is 16.9. The highest BCUT2D eigenvalue weighted by atomic mass is 16.3. The molecule has 0 fully saturated rings. The largest absolute Gasteiger partial charge is 0.508 e. The molecule has 126 valence electrons. The SMILES string of the molecule is CCC(C)(C)c1ccc(O)c(CN(C[C@H](C)O)C[C@@H](C)O)c1. The molecule has 0 radical (unpaired) electrons. The van der Waals surface area contributed by atoms with Crippen LogP contribution in [-0.4, -0.2) is 45.5 Å². The number of rotatable bonds is 8. The first-order valence-electron chi connectivity index (χ1n) is 8.06. The molecular weight excluding hydrogens is 278 g/mol. The van der Waals surface area contributed by atoms with Gasteiger partial charge in [0.1, 0.15) is 5.75 Å². The lowest BCUT2D eigenvalue weighted by Crippen LogP contribution is -2.35. The maximum absolute atomic E-state index is 10.1. The van der Waals surface area contributed by atoms with Gasteiger partial charge in [0.05, 0.1) is 12.2 Å². The van der Waals surface area contributed by atoms with Crippen molar-refractivity contribution in [1.82, 2.24) is 4.90 Å². The molecule has 0 heterocycles. The number of aliphatic hydroxyl groups excluding tert-OH is 2. The maximum atomic E-state index is 10.1. The summed E-state index contributed by atoms with van der Waals surface area (Å²) in [5.74, 6) is 0.261. The maximum Gasteiger partial charge on any atom is 0.120 e. The third-order valence-corrected chi connectivity index (χ3v) is 4.18. The summed E-state index contributed by atoms with van der Waals surface area (Å²) in [6.45, 7) is 11.4. The molecule has 0 saturated carbocycles. The van der Waals surface area contributed by atoms with Crippen molar-refractivity contribution in [1.29, 1.82) is 0 Å². The molecule has 4 nitrogen and oxygen atoms in total. The summed E-state index contributed by atoms with van der Waals surface area (Å²) < 4.78 is 0. The van der Waals surface area contributed by atoms with Gasteiger partial charge in [0, 0.05) is 25.2 Å². The lowest BCUT2D eigenvalue weighted by atomic mass is 9.81. The summed E-state index contributed by atoms with van der Waals surface area (Å²) in [5, 5.41) is 29.4. The summed E-state index contributed by atoms with van der Waals surface area (Å²) in [5.41, 5.74) is 2.08. The van der Waals surface area contributed by atoms with Gasteiger partial charge >= 0.3 is 0 Å². The molecule has 0 bridgehead atoms. The van der Waals surface area contributed by atoms with E-state index in [-0.39, 0.29) is 11.2 Å². The van der Waals surface area contributed by atoms with E-state index in [1.807, 2.05) is 17.0 Å². The summed E-state index contributed by atoms with van der Waals surface area (Å²) in [7, 11) is 0. The smallest absolute Gasteiger partial charge is 0.120 e. The van der Waals surface area contributed by atoms with Crippen molar-refractivity contribution in [2.45, 2.75) is 65.2 Å². The van der Waals surface area contributed by atoms with Gasteiger partial charge in [0.15, 0.2) is 0 Å². The molecule has 1 rings (SSSR count). The van der Waals surface area contributed by atoms with Crippen molar-refractivity contribution in [3.63, 3.8) is 0 Å². The predicted octanol–water partition coefficient (Wildman–Crippen LogP) is 2.64. The molecule has 1 aromatic rings. The molecule has 3 N–H and O–H groups in total. The van der Waals surface area contributed by atoms with Crippen molar-refractivity contribution >= 4 is 0 Å². The Kier molecular flexibility index (Phi) is 6.85. The lowest BCUT2D eigenvalue weighted by molar-refractivity contribution is 0.0789. The molecule has 0 aliphatic rings. The Morgan fingerprint density at radius 3 is 2.09 bits per heavy atom. The van der Waals surface area contributed by atoms with E-state index in [0.29, 0.717) is 19.6 Å². The van der Waals surface area contributed by atoms with Gasteiger partial charge in [-0.15, -0.1) is 0 Å². The minimum atomic E-state index is -0.476. The van der Waals surface area contributed by atoms with E-state index in [4.69, 9.17) is 0 Å². The van der Waals surface area contributed by atoms with Gasteiger partial charge < -0.3 is 15.3 Å². The number of aromatic hydroxyl groups is 1. The normalized spacial score (nSPS) is 15.1. The van der Waals surface area contributed by atoms with Crippen molar-refractivity contribution in [3.05, 3.63) is 29.3 Å². The average molecular weight is 309 g/mol. The number of aliphatic hydroxyl groups is 2. The third kappa shape index (κ3) is 5.59. The fraction of sp³-hybridized carbons (Fsp3) is 0.667. The van der Waals surface area contributed by atoms with Crippen LogP contribution in [0.15, 0.2) is 18.2 Å². The Morgan fingerprint density at radius 2 is 1.64 bits per heavy atom. The first-order chi connectivity index (χ1) is 10.2. The summed E-state index contributed by atoms with van der Waals surface area (Å²) >= 11 is 0. The molecule has 4 heteroatoms. The molecule has 0 saturated heterocycles. The Bertz CT molecular complexity index is 459. The Morgan fingerprint density at radius 1 is 1.09 bits per heavy atom. The van der Waals surface area contributed by atoms with Crippen molar-refractivity contribution in [3.8, 4) is 5.75 Å². The number of phenols is 1. The van der Waals surface area contributed by atoms with Crippen molar-refractivity contribution in [2.75, 3.05) is 13.1 Å². The van der Waals surface area contributed by atoms with Gasteiger partial charge in [-0.1, -0.05) is 32.9 Å². The molecule has 0 aliphatic heterocycles. The zero-order valence-corrected chi connectivity index (χ0v) is 14.5. The Hall–Kier alpha value is -1.10. The number of hydrogen-bond donors (Lipinski definition) is 3. The standard InChI is InChI=1S/C18H31NO3/c1-6-18(4,5)16-7-8-17(22)15(9-16)12-19(10-13(2)20)11-14(3)21/h7-9,13-14,20-22H,6,10-12H2,1-5H3/t13-,14+. The molecule has 22 heavy (non-hydrogen) atoms. The number of hydrogen-bond acceptors (Lipinski definition) is 4. The minimum absolute atomic E-state index is 0.0574. The van der Waals surface area contributed by atoms with E-state index in [1.54, 1.807) is 19.9 Å². The van der Waals surface area contributed by atoms with Crippen LogP contribution < -0.4 is 0 Å². The molecule has 0 spiro atoms. The van der Waals surface area contributed by atoms with Crippen molar-refractivity contribution in [2.24, 2.45) is 0 Å². The predicted molar refractivity (Wildman–Crippen MR) is 90.1 cm³/mol. The quantitative estimate of drug-likeness (QED) is 0.691. The van der Waals surface area contributed by atoms with Crippen LogP contribution in [0.3, 0.4) is 0 Å². The molecule has 0 aromatic heterocycles. The second-order valence-corrected chi connectivity index (χ2v) is 6.97. The van der Waals surface area contributed by atoms with E-state index < -0.39 is 12.2 Å². The van der Waals surface area contributed by atoms with Crippen LogP contribution in [-0.2, 0) is 12.0 Å². The van der Waals surface area contributed by atoms with Crippen molar-refractivity contribution < 1.29 is 15.3 Å². The van der Waals surface area contributed by atoms with E-state index in [2.05, 4.69) is 20.8 Å². The van der Waals surface area contributed by atoms with Gasteiger partial charge in [-0.2, -0.15) is 0 Å². The first-order valence-corrected chi connectivity index (χ1v) is 8.06. The second kappa shape index (κ2) is 7.95. The van der Waals surface area contributed by atoms with Crippen LogP contribution >= 0.6 is 0 Å². The van der Waals surface area contributed by atoms with Gasteiger partial charge in [-0.3, -0.25) is 4.90 Å². The fourth-order valence-electron chi connectivity index (χ4n) is 2.53. The minimum Gasteiger partial charge on any atom is -0.508 e. The van der Waals surface area contributed by atoms with Crippen LogP contribution in [0.4, 0.5) is 0 Å². The van der Waals surface area contributed by atoms with Crippen LogP contribution in [0.1, 0.15) is 52.2 Å². The first kappa shape index (κ1) is 18.9. The topological polar surface area (TPSA) is 63.9 Å². The monoisotopic (exact) mass is 309 g/mol. The molecule has 0 aliphatic carbocycles. The fourth-order valence-corrected chi connectivity index (χ4v) is 2.53. The van der Waals surface area contributed by atoms with Crippen LogP contribution in [0.5, 0.6) is 5.75 Å². The van der Waals surface area contributed by atoms with E-state index in [0.717, 1.165) is 12.0 Å². The summed E-state index contributed by atoms with van der Waals surface area (Å²) in [6, 6.07) is 5.75. The van der Waals surface area contributed by atoms with E-state index in [1.165, 1.54) is 5.56 Å². The third-order valence-electron chi connectivity index (χ3n) is 4.18. The molecule has 1 aromatic carbocycles. The number of phenolic OH excluding ortho intramolecular Hbond substituents is 1. The number of benzene rings is 1. The van der Waals surface area contributed by atoms with Gasteiger partial charge in [-0.25, -0.2) is 0 Å². The lowest BCUT2D eigenvalue weighted by Gasteiger charge is -2.27. The average Bonchev–Trinajstić information content (AvgIpc) is 2.39. The van der Waals surface area contributed by atoms with E-state index >= 15 is 0 Å². The Labute approximate surface area is 134 Å². The highest BCUT2D eigenvalue weighted by Gasteiger charge is 2.20.